The molecule has 2 aromatic carbocycles. The molecule has 3 unspecified atom stereocenters. The minimum atomic E-state index is 0.204. The lowest BCUT2D eigenvalue weighted by molar-refractivity contribution is 0.0759. The van der Waals surface area contributed by atoms with Crippen molar-refractivity contribution in [1.29, 1.82) is 0 Å². The molecule has 138 valence electrons. The number of rotatable bonds is 4. The van der Waals surface area contributed by atoms with Gasteiger partial charge in [-0.1, -0.05) is 79.7 Å². The second-order valence-electron chi connectivity index (χ2n) is 8.44. The third-order valence-electron chi connectivity index (χ3n) is 6.68. The molecule has 5 rings (SSSR count). The van der Waals surface area contributed by atoms with Crippen LogP contribution in [-0.2, 0) is 13.1 Å². The molecule has 1 fully saturated rings. The number of fused-ring (bicyclic) bond motifs is 3. The number of hydrogen-bond donors (Lipinski definition) is 0. The van der Waals surface area contributed by atoms with Crippen LogP contribution >= 0.6 is 0 Å². The summed E-state index contributed by atoms with van der Waals surface area (Å²) in [4.78, 5) is 5.26. The number of likely N-dealkylation sites (tertiary alicyclic amines) is 1. The lowest BCUT2D eigenvalue weighted by Crippen LogP contribution is -2.44. The molecule has 3 atom stereocenters. The van der Waals surface area contributed by atoms with E-state index in [-0.39, 0.29) is 5.41 Å². The summed E-state index contributed by atoms with van der Waals surface area (Å²) in [7, 11) is 0. The average Bonchev–Trinajstić information content (AvgIpc) is 3.16. The minimum Gasteiger partial charge on any atom is -0.353 e. The van der Waals surface area contributed by atoms with Gasteiger partial charge in [0.05, 0.1) is 0 Å². The molecule has 2 aromatic rings. The van der Waals surface area contributed by atoms with E-state index in [0.29, 0.717) is 12.1 Å². The van der Waals surface area contributed by atoms with Gasteiger partial charge in [0.2, 0.25) is 0 Å². The van der Waals surface area contributed by atoms with Crippen molar-refractivity contribution in [2.45, 2.75) is 45.4 Å². The number of hydrogen-bond acceptors (Lipinski definition) is 2. The van der Waals surface area contributed by atoms with Gasteiger partial charge in [-0.05, 0) is 36.6 Å². The van der Waals surface area contributed by atoms with E-state index in [9.17, 15) is 0 Å². The summed E-state index contributed by atoms with van der Waals surface area (Å²) in [6, 6.07) is 21.8. The smallest absolute Gasteiger partial charge is 0.111 e. The summed E-state index contributed by atoms with van der Waals surface area (Å²) in [6.45, 7) is 4.45. The molecule has 2 heterocycles. The molecular weight excluding hydrogens is 328 g/mol. The maximum Gasteiger partial charge on any atom is 0.111 e. The maximum absolute atomic E-state index is 2.70. The zero-order chi connectivity index (χ0) is 18.3. The highest BCUT2D eigenvalue weighted by Gasteiger charge is 2.56. The molecule has 0 radical (unpaired) electrons. The molecule has 0 spiro atoms. The van der Waals surface area contributed by atoms with Gasteiger partial charge >= 0.3 is 0 Å². The quantitative estimate of drug-likeness (QED) is 0.709. The van der Waals surface area contributed by atoms with E-state index in [4.69, 9.17) is 0 Å². The van der Waals surface area contributed by atoms with E-state index in [1.54, 1.807) is 5.70 Å². The first kappa shape index (κ1) is 16.7. The van der Waals surface area contributed by atoms with Gasteiger partial charge in [-0.25, -0.2) is 0 Å². The molecule has 0 N–H and O–H groups in total. The predicted molar refractivity (Wildman–Crippen MR) is 110 cm³/mol. The van der Waals surface area contributed by atoms with E-state index in [2.05, 4.69) is 95.7 Å². The van der Waals surface area contributed by atoms with Crippen LogP contribution in [-0.4, -0.2) is 16.0 Å². The van der Waals surface area contributed by atoms with Gasteiger partial charge in [0.1, 0.15) is 6.17 Å². The zero-order valence-electron chi connectivity index (χ0n) is 16.1. The van der Waals surface area contributed by atoms with Crippen molar-refractivity contribution in [3.8, 4) is 0 Å². The van der Waals surface area contributed by atoms with Crippen molar-refractivity contribution < 1.29 is 0 Å². The summed E-state index contributed by atoms with van der Waals surface area (Å²) < 4.78 is 0. The lowest BCUT2D eigenvalue weighted by Gasteiger charge is -2.38. The summed E-state index contributed by atoms with van der Waals surface area (Å²) in [5, 5.41) is 0. The molecule has 2 aliphatic heterocycles. The Morgan fingerprint density at radius 3 is 2.30 bits per heavy atom. The van der Waals surface area contributed by atoms with Crippen molar-refractivity contribution in [3.05, 3.63) is 95.8 Å². The zero-order valence-corrected chi connectivity index (χ0v) is 16.1. The fraction of sp³-hybridized carbons (Fsp3) is 0.360. The first-order valence-corrected chi connectivity index (χ1v) is 10.3. The highest BCUT2D eigenvalue weighted by molar-refractivity contribution is 5.32. The Hall–Kier alpha value is -2.48. The molecule has 0 aromatic heterocycles. The van der Waals surface area contributed by atoms with Gasteiger partial charge in [-0.2, -0.15) is 0 Å². The van der Waals surface area contributed by atoms with Crippen LogP contribution in [0, 0.1) is 11.3 Å². The van der Waals surface area contributed by atoms with Crippen LogP contribution in [0.3, 0.4) is 0 Å². The van der Waals surface area contributed by atoms with Crippen LogP contribution in [0.4, 0.5) is 0 Å². The Morgan fingerprint density at radius 1 is 0.926 bits per heavy atom. The molecule has 0 bridgehead atoms. The number of allylic oxidation sites excluding steroid dienone is 2. The molecule has 2 nitrogen and oxygen atoms in total. The predicted octanol–water partition coefficient (Wildman–Crippen LogP) is 5.55. The Balaban J connectivity index is 1.50. The SMILES string of the molecule is CC12C=CN(Cc3ccccc3)C1N(Cc1ccccc1)C1=CCCCC12. The van der Waals surface area contributed by atoms with Crippen LogP contribution in [0.1, 0.15) is 37.3 Å². The first-order valence-electron chi connectivity index (χ1n) is 10.3. The van der Waals surface area contributed by atoms with Gasteiger partial charge in [0.25, 0.3) is 0 Å². The van der Waals surface area contributed by atoms with E-state index < -0.39 is 0 Å². The largest absolute Gasteiger partial charge is 0.353 e. The second-order valence-corrected chi connectivity index (χ2v) is 8.44. The van der Waals surface area contributed by atoms with Gasteiger partial charge < -0.3 is 9.80 Å². The van der Waals surface area contributed by atoms with Gasteiger partial charge in [0, 0.05) is 30.1 Å². The molecule has 0 saturated carbocycles. The molecular formula is C25H28N2. The summed E-state index contributed by atoms with van der Waals surface area (Å²) in [6.07, 6.45) is 11.6. The monoisotopic (exact) mass is 356 g/mol. The maximum atomic E-state index is 2.70. The second kappa shape index (κ2) is 6.60. The molecule has 0 amide bonds. The van der Waals surface area contributed by atoms with Crippen molar-refractivity contribution in [3.63, 3.8) is 0 Å². The molecule has 1 aliphatic carbocycles. The van der Waals surface area contributed by atoms with Crippen LogP contribution in [0.5, 0.6) is 0 Å². The summed E-state index contributed by atoms with van der Waals surface area (Å²) in [5.74, 6) is 0.650. The molecule has 1 saturated heterocycles. The minimum absolute atomic E-state index is 0.204. The normalized spacial score (nSPS) is 28.9. The highest BCUT2D eigenvalue weighted by Crippen LogP contribution is 2.56. The average molecular weight is 357 g/mol. The van der Waals surface area contributed by atoms with Crippen molar-refractivity contribution in [2.24, 2.45) is 11.3 Å². The van der Waals surface area contributed by atoms with Crippen LogP contribution in [0.25, 0.3) is 0 Å². The van der Waals surface area contributed by atoms with E-state index in [1.165, 1.54) is 30.4 Å². The molecule has 2 heteroatoms. The molecule has 27 heavy (non-hydrogen) atoms. The van der Waals surface area contributed by atoms with Crippen molar-refractivity contribution in [2.75, 3.05) is 0 Å². The third-order valence-corrected chi connectivity index (χ3v) is 6.68. The lowest BCUT2D eigenvalue weighted by atomic mass is 9.73. The number of nitrogens with zero attached hydrogens (tertiary/aromatic N) is 2. The highest BCUT2D eigenvalue weighted by atomic mass is 15.4. The van der Waals surface area contributed by atoms with Crippen molar-refractivity contribution in [1.82, 2.24) is 9.80 Å². The van der Waals surface area contributed by atoms with Crippen molar-refractivity contribution >= 4 is 0 Å². The fourth-order valence-electron chi connectivity index (χ4n) is 5.43. The Morgan fingerprint density at radius 2 is 1.59 bits per heavy atom. The topological polar surface area (TPSA) is 6.48 Å². The van der Waals surface area contributed by atoms with E-state index in [0.717, 1.165) is 13.1 Å². The van der Waals surface area contributed by atoms with E-state index >= 15 is 0 Å². The van der Waals surface area contributed by atoms with E-state index in [1.807, 2.05) is 0 Å². The fourth-order valence-corrected chi connectivity index (χ4v) is 5.43. The van der Waals surface area contributed by atoms with Crippen LogP contribution in [0.2, 0.25) is 0 Å². The number of benzene rings is 2. The Labute approximate surface area is 162 Å². The molecule has 3 aliphatic rings. The van der Waals surface area contributed by atoms with Gasteiger partial charge in [-0.3, -0.25) is 0 Å². The van der Waals surface area contributed by atoms with Gasteiger partial charge in [0.15, 0.2) is 0 Å². The third kappa shape index (κ3) is 2.79. The van der Waals surface area contributed by atoms with Crippen LogP contribution in [0.15, 0.2) is 84.7 Å². The summed E-state index contributed by atoms with van der Waals surface area (Å²) in [5.41, 5.74) is 4.57. The Kier molecular flexibility index (Phi) is 4.07. The standard InChI is InChI=1S/C25H28N2/c1-25-16-17-26(18-20-10-4-2-5-11-20)24(25)27(19-21-12-6-3-7-13-21)23-15-9-8-14-22(23)25/h2-7,10-13,15-17,22,24H,8-9,14,18-19H2,1H3. The Bertz CT molecular complexity index is 854. The van der Waals surface area contributed by atoms with Gasteiger partial charge in [-0.15, -0.1) is 0 Å². The first-order chi connectivity index (χ1) is 13.3. The summed E-state index contributed by atoms with van der Waals surface area (Å²) >= 11 is 0. The van der Waals surface area contributed by atoms with Crippen LogP contribution < -0.4 is 0 Å².